The zero-order chi connectivity index (χ0) is 19.3. The molecule has 0 aliphatic heterocycles. The zero-order valence-corrected chi connectivity index (χ0v) is 18.4. The number of hydrogen-bond acceptors (Lipinski definition) is 6. The third kappa shape index (κ3) is 3.79. The molecule has 0 heterocycles. The second kappa shape index (κ2) is 9.49. The molecular formula is C18H34O6P2. The first kappa shape index (κ1) is 22.3. The molecule has 8 heteroatoms. The molecule has 6 nitrogen and oxygen atoms in total. The van der Waals surface area contributed by atoms with Gasteiger partial charge in [0.05, 0.1) is 26.4 Å². The molecule has 0 saturated heterocycles. The van der Waals surface area contributed by atoms with Crippen molar-refractivity contribution >= 4 is 15.2 Å². The number of rotatable bonds is 10. The molecule has 0 bridgehead atoms. The fraction of sp³-hybridized carbons (Fsp3) is 0.889. The van der Waals surface area contributed by atoms with Crippen LogP contribution in [0.15, 0.2) is 11.6 Å². The van der Waals surface area contributed by atoms with Crippen LogP contribution < -0.4 is 0 Å². The number of fused-ring (bicyclic) bond motifs is 1. The van der Waals surface area contributed by atoms with E-state index in [1.165, 1.54) is 5.57 Å². The highest BCUT2D eigenvalue weighted by molar-refractivity contribution is 7.74. The Hall–Kier alpha value is 0.0400. The Morgan fingerprint density at radius 3 is 1.88 bits per heavy atom. The fourth-order valence-electron chi connectivity index (χ4n) is 4.46. The number of allylic oxidation sites excluding steroid dienone is 2. The molecule has 26 heavy (non-hydrogen) atoms. The summed E-state index contributed by atoms with van der Waals surface area (Å²) in [4.78, 5) is -1.26. The lowest BCUT2D eigenvalue weighted by Gasteiger charge is -2.50. The van der Waals surface area contributed by atoms with Crippen LogP contribution in [0.1, 0.15) is 66.2 Å². The van der Waals surface area contributed by atoms with Gasteiger partial charge in [0, 0.05) is 5.92 Å². The van der Waals surface area contributed by atoms with Crippen molar-refractivity contribution in [1.29, 1.82) is 0 Å². The van der Waals surface area contributed by atoms with E-state index < -0.39 is 20.1 Å². The average Bonchev–Trinajstić information content (AvgIpc) is 2.61. The quantitative estimate of drug-likeness (QED) is 0.320. The lowest BCUT2D eigenvalue weighted by Crippen LogP contribution is -2.44. The second-order valence-corrected chi connectivity index (χ2v) is 11.6. The van der Waals surface area contributed by atoms with Gasteiger partial charge in [0.15, 0.2) is 4.90 Å². The van der Waals surface area contributed by atoms with E-state index in [-0.39, 0.29) is 32.3 Å². The maximum absolute atomic E-state index is 14.1. The van der Waals surface area contributed by atoms with Crippen LogP contribution >= 0.6 is 15.2 Å². The Labute approximate surface area is 158 Å². The molecule has 1 fully saturated rings. The summed E-state index contributed by atoms with van der Waals surface area (Å²) < 4.78 is 51.4. The molecule has 2 aliphatic carbocycles. The molecule has 0 aromatic heterocycles. The maximum atomic E-state index is 14.1. The predicted octanol–water partition coefficient (Wildman–Crippen LogP) is 6.13. The smallest absolute Gasteiger partial charge is 0.308 e. The topological polar surface area (TPSA) is 71.1 Å². The molecule has 0 spiro atoms. The fourth-order valence-corrected chi connectivity index (χ4v) is 10.9. The van der Waals surface area contributed by atoms with Crippen LogP contribution in [0.3, 0.4) is 0 Å². The van der Waals surface area contributed by atoms with E-state index in [0.717, 1.165) is 25.7 Å². The van der Waals surface area contributed by atoms with Gasteiger partial charge in [-0.2, -0.15) is 0 Å². The largest absolute Gasteiger partial charge is 0.349 e. The van der Waals surface area contributed by atoms with Crippen molar-refractivity contribution in [2.75, 3.05) is 26.4 Å². The third-order valence-electron chi connectivity index (χ3n) is 5.28. The Bertz CT molecular complexity index is 538. The van der Waals surface area contributed by atoms with Gasteiger partial charge in [-0.3, -0.25) is 9.13 Å². The van der Waals surface area contributed by atoms with Gasteiger partial charge in [-0.25, -0.2) is 0 Å². The van der Waals surface area contributed by atoms with Crippen LogP contribution in [0, 0.1) is 5.92 Å². The van der Waals surface area contributed by atoms with Crippen molar-refractivity contribution in [3.63, 3.8) is 0 Å². The van der Waals surface area contributed by atoms with Crippen molar-refractivity contribution in [1.82, 2.24) is 0 Å². The molecule has 1 saturated carbocycles. The first-order valence-electron chi connectivity index (χ1n) is 9.92. The molecule has 152 valence electrons. The maximum Gasteiger partial charge on any atom is 0.349 e. The van der Waals surface area contributed by atoms with Crippen LogP contribution in [-0.4, -0.2) is 31.3 Å². The van der Waals surface area contributed by atoms with Gasteiger partial charge in [0.2, 0.25) is 0 Å². The summed E-state index contributed by atoms with van der Waals surface area (Å²) in [6.07, 6.45) is 7.16. The van der Waals surface area contributed by atoms with Crippen molar-refractivity contribution < 1.29 is 27.2 Å². The lowest BCUT2D eigenvalue weighted by atomic mass is 9.77. The predicted molar refractivity (Wildman–Crippen MR) is 104 cm³/mol. The standard InChI is InChI=1S/C18H34O6P2/c1-5-21-25(19,22-6-2)18(26(20,23-7-3)24-8-4)15-11-13-16-12-9-10-14-17(16)18/h13,17H,5-12,14-15H2,1-4H3. The van der Waals surface area contributed by atoms with Crippen molar-refractivity contribution in [3.05, 3.63) is 11.6 Å². The van der Waals surface area contributed by atoms with Gasteiger partial charge in [-0.05, 0) is 59.8 Å². The molecular weight excluding hydrogens is 374 g/mol. The van der Waals surface area contributed by atoms with Crippen molar-refractivity contribution in [3.8, 4) is 0 Å². The number of hydrogen-bond donors (Lipinski definition) is 0. The summed E-state index contributed by atoms with van der Waals surface area (Å²) >= 11 is 0. The third-order valence-corrected chi connectivity index (χ3v) is 12.1. The van der Waals surface area contributed by atoms with Crippen molar-refractivity contribution in [2.24, 2.45) is 5.92 Å². The minimum absolute atomic E-state index is 0.155. The molecule has 2 aliphatic rings. The SMILES string of the molecule is CCOP(=O)(OCC)C1(P(=O)(OCC)OCC)CCC=C2CCCCC21. The Morgan fingerprint density at radius 1 is 0.923 bits per heavy atom. The molecule has 0 N–H and O–H groups in total. The van der Waals surface area contributed by atoms with E-state index in [2.05, 4.69) is 6.08 Å². The van der Waals surface area contributed by atoms with Crippen LogP contribution in [-0.2, 0) is 27.2 Å². The lowest BCUT2D eigenvalue weighted by molar-refractivity contribution is 0.154. The van der Waals surface area contributed by atoms with E-state index in [1.807, 2.05) is 0 Å². The summed E-state index contributed by atoms with van der Waals surface area (Å²) in [6.45, 7) is 8.04. The van der Waals surface area contributed by atoms with E-state index in [1.54, 1.807) is 27.7 Å². The first-order valence-corrected chi connectivity index (χ1v) is 13.0. The molecule has 0 aromatic rings. The Morgan fingerprint density at radius 2 is 1.42 bits per heavy atom. The summed E-state index contributed by atoms with van der Waals surface area (Å²) in [5, 5.41) is 0. The molecule has 0 amide bonds. The molecule has 0 aromatic carbocycles. The zero-order valence-electron chi connectivity index (χ0n) is 16.6. The average molecular weight is 408 g/mol. The van der Waals surface area contributed by atoms with Crippen LogP contribution in [0.4, 0.5) is 0 Å². The van der Waals surface area contributed by atoms with E-state index in [4.69, 9.17) is 18.1 Å². The highest BCUT2D eigenvalue weighted by atomic mass is 31.2. The Balaban J connectivity index is 2.70. The van der Waals surface area contributed by atoms with Gasteiger partial charge < -0.3 is 18.1 Å². The minimum atomic E-state index is -3.75. The van der Waals surface area contributed by atoms with Gasteiger partial charge in [-0.1, -0.05) is 18.1 Å². The van der Waals surface area contributed by atoms with Crippen LogP contribution in [0.2, 0.25) is 0 Å². The van der Waals surface area contributed by atoms with Gasteiger partial charge >= 0.3 is 15.2 Å². The first-order chi connectivity index (χ1) is 12.4. The normalized spacial score (nSPS) is 23.4. The van der Waals surface area contributed by atoms with E-state index >= 15 is 0 Å². The van der Waals surface area contributed by atoms with E-state index in [0.29, 0.717) is 12.8 Å². The summed E-state index contributed by atoms with van der Waals surface area (Å²) in [6, 6.07) is 0. The highest BCUT2D eigenvalue weighted by Gasteiger charge is 2.69. The second-order valence-electron chi connectivity index (χ2n) is 6.66. The Kier molecular flexibility index (Phi) is 8.15. The summed E-state index contributed by atoms with van der Waals surface area (Å²) in [5.41, 5.74) is 1.21. The minimum Gasteiger partial charge on any atom is -0.308 e. The van der Waals surface area contributed by atoms with Gasteiger partial charge in [-0.15, -0.1) is 0 Å². The van der Waals surface area contributed by atoms with Gasteiger partial charge in [0.25, 0.3) is 0 Å². The van der Waals surface area contributed by atoms with E-state index in [9.17, 15) is 9.13 Å². The monoisotopic (exact) mass is 408 g/mol. The molecule has 1 unspecified atom stereocenters. The molecule has 0 radical (unpaired) electrons. The van der Waals surface area contributed by atoms with Crippen molar-refractivity contribution in [2.45, 2.75) is 71.1 Å². The van der Waals surface area contributed by atoms with Gasteiger partial charge in [0.1, 0.15) is 0 Å². The summed E-state index contributed by atoms with van der Waals surface area (Å²) in [5.74, 6) is -0.155. The van der Waals surface area contributed by atoms with Crippen LogP contribution in [0.25, 0.3) is 0 Å². The molecule has 2 rings (SSSR count). The highest BCUT2D eigenvalue weighted by Crippen LogP contribution is 2.83. The van der Waals surface area contributed by atoms with Crippen LogP contribution in [0.5, 0.6) is 0 Å². The molecule has 1 atom stereocenters. The summed E-state index contributed by atoms with van der Waals surface area (Å²) in [7, 11) is -7.50.